The van der Waals surface area contributed by atoms with Crippen molar-refractivity contribution < 1.29 is 4.79 Å². The highest BCUT2D eigenvalue weighted by molar-refractivity contribution is 5.77. The van der Waals surface area contributed by atoms with Crippen molar-refractivity contribution in [3.63, 3.8) is 0 Å². The van der Waals surface area contributed by atoms with Crippen molar-refractivity contribution in [2.45, 2.75) is 38.1 Å². The number of amides is 1. The maximum absolute atomic E-state index is 12.5. The van der Waals surface area contributed by atoms with Crippen LogP contribution in [0.4, 0.5) is 0 Å². The molecule has 4 nitrogen and oxygen atoms in total. The van der Waals surface area contributed by atoms with Crippen LogP contribution in [0.2, 0.25) is 0 Å². The van der Waals surface area contributed by atoms with Gasteiger partial charge in [0.25, 0.3) is 0 Å². The first-order valence-corrected chi connectivity index (χ1v) is 7.74. The van der Waals surface area contributed by atoms with Gasteiger partial charge in [-0.15, -0.1) is 0 Å². The molecule has 3 rings (SSSR count). The van der Waals surface area contributed by atoms with Crippen molar-refractivity contribution in [2.75, 3.05) is 19.6 Å². The first kappa shape index (κ1) is 13.6. The summed E-state index contributed by atoms with van der Waals surface area (Å²) in [6, 6.07) is 4.35. The molecule has 0 aromatic carbocycles. The standard InChI is InChI=1S/C16H23N3O/c20-16(4-3-13-5-8-18-12-13)19-11-1-2-15(19)14-6-9-17-10-7-14/h6-7,9-10,13,15,18H,1-5,8,11-12H2. The van der Waals surface area contributed by atoms with Gasteiger partial charge in [-0.05, 0) is 62.4 Å². The van der Waals surface area contributed by atoms with Crippen molar-refractivity contribution in [2.24, 2.45) is 5.92 Å². The van der Waals surface area contributed by atoms with Gasteiger partial charge in [0.15, 0.2) is 0 Å². The highest BCUT2D eigenvalue weighted by Crippen LogP contribution is 2.32. The number of pyridine rings is 1. The quantitative estimate of drug-likeness (QED) is 0.914. The third-order valence-electron chi connectivity index (χ3n) is 4.59. The largest absolute Gasteiger partial charge is 0.336 e. The van der Waals surface area contributed by atoms with Crippen LogP contribution in [0.25, 0.3) is 0 Å². The summed E-state index contributed by atoms with van der Waals surface area (Å²) in [5.41, 5.74) is 1.23. The smallest absolute Gasteiger partial charge is 0.223 e. The molecule has 0 bridgehead atoms. The molecule has 0 aliphatic carbocycles. The summed E-state index contributed by atoms with van der Waals surface area (Å²) in [6.45, 7) is 3.11. The third kappa shape index (κ3) is 3.01. The molecule has 1 aromatic heterocycles. The van der Waals surface area contributed by atoms with Crippen molar-refractivity contribution in [1.29, 1.82) is 0 Å². The van der Waals surface area contributed by atoms with E-state index in [2.05, 4.69) is 15.2 Å². The average molecular weight is 273 g/mol. The number of carbonyl (C=O) groups is 1. The molecule has 2 aliphatic heterocycles. The van der Waals surface area contributed by atoms with E-state index in [0.29, 0.717) is 18.2 Å². The number of carbonyl (C=O) groups excluding carboxylic acids is 1. The minimum atomic E-state index is 0.271. The number of hydrogen-bond acceptors (Lipinski definition) is 3. The minimum Gasteiger partial charge on any atom is -0.336 e. The predicted octanol–water partition coefficient (Wildman–Crippen LogP) is 2.13. The zero-order chi connectivity index (χ0) is 13.8. The average Bonchev–Trinajstić information content (AvgIpc) is 3.17. The van der Waals surface area contributed by atoms with E-state index in [9.17, 15) is 4.79 Å². The van der Waals surface area contributed by atoms with E-state index < -0.39 is 0 Å². The van der Waals surface area contributed by atoms with Gasteiger partial charge >= 0.3 is 0 Å². The summed E-state index contributed by atoms with van der Waals surface area (Å²) in [5.74, 6) is 1.03. The molecule has 3 heterocycles. The highest BCUT2D eigenvalue weighted by Gasteiger charge is 2.30. The van der Waals surface area contributed by atoms with Crippen LogP contribution in [-0.4, -0.2) is 35.4 Å². The summed E-state index contributed by atoms with van der Waals surface area (Å²) in [4.78, 5) is 18.6. The Morgan fingerprint density at radius 3 is 2.95 bits per heavy atom. The molecule has 0 saturated carbocycles. The van der Waals surface area contributed by atoms with Crippen molar-refractivity contribution >= 4 is 5.91 Å². The van der Waals surface area contributed by atoms with Crippen LogP contribution in [0, 0.1) is 5.92 Å². The molecular weight excluding hydrogens is 250 g/mol. The SMILES string of the molecule is O=C(CCC1CCNC1)N1CCCC1c1ccncc1. The second-order valence-electron chi connectivity index (χ2n) is 5.92. The molecule has 108 valence electrons. The number of nitrogens with one attached hydrogen (secondary N) is 1. The lowest BCUT2D eigenvalue weighted by Gasteiger charge is -2.25. The number of rotatable bonds is 4. The van der Waals surface area contributed by atoms with Gasteiger partial charge in [-0.3, -0.25) is 9.78 Å². The first-order valence-electron chi connectivity index (χ1n) is 7.74. The van der Waals surface area contributed by atoms with E-state index in [-0.39, 0.29) is 6.04 Å². The van der Waals surface area contributed by atoms with E-state index >= 15 is 0 Å². The van der Waals surface area contributed by atoms with E-state index in [1.807, 2.05) is 24.5 Å². The van der Waals surface area contributed by atoms with Gasteiger partial charge in [0.05, 0.1) is 6.04 Å². The van der Waals surface area contributed by atoms with E-state index in [1.54, 1.807) is 0 Å². The van der Waals surface area contributed by atoms with E-state index in [1.165, 1.54) is 12.0 Å². The molecular formula is C16H23N3O. The van der Waals surface area contributed by atoms with Crippen molar-refractivity contribution in [1.82, 2.24) is 15.2 Å². The van der Waals surface area contributed by atoms with Gasteiger partial charge < -0.3 is 10.2 Å². The van der Waals surface area contributed by atoms with Gasteiger partial charge in [-0.2, -0.15) is 0 Å². The summed E-state index contributed by atoms with van der Waals surface area (Å²) in [7, 11) is 0. The second kappa shape index (κ2) is 6.35. The Kier molecular flexibility index (Phi) is 4.31. The Balaban J connectivity index is 1.58. The van der Waals surface area contributed by atoms with Crippen molar-refractivity contribution in [3.8, 4) is 0 Å². The molecule has 1 aromatic rings. The zero-order valence-electron chi connectivity index (χ0n) is 11.9. The second-order valence-corrected chi connectivity index (χ2v) is 5.92. The van der Waals surface area contributed by atoms with Gasteiger partial charge in [0.2, 0.25) is 5.91 Å². The number of likely N-dealkylation sites (tertiary alicyclic amines) is 1. The molecule has 1 N–H and O–H groups in total. The maximum atomic E-state index is 12.5. The van der Waals surface area contributed by atoms with E-state index in [0.717, 1.165) is 38.9 Å². The minimum absolute atomic E-state index is 0.271. The highest BCUT2D eigenvalue weighted by atomic mass is 16.2. The maximum Gasteiger partial charge on any atom is 0.223 e. The predicted molar refractivity (Wildman–Crippen MR) is 78.1 cm³/mol. The Bertz CT molecular complexity index is 442. The Morgan fingerprint density at radius 2 is 2.20 bits per heavy atom. The molecule has 2 unspecified atom stereocenters. The molecule has 1 amide bonds. The number of nitrogens with zero attached hydrogens (tertiary/aromatic N) is 2. The van der Waals surface area contributed by atoms with Gasteiger partial charge in [0.1, 0.15) is 0 Å². The lowest BCUT2D eigenvalue weighted by molar-refractivity contribution is -0.132. The van der Waals surface area contributed by atoms with Crippen molar-refractivity contribution in [3.05, 3.63) is 30.1 Å². The lowest BCUT2D eigenvalue weighted by atomic mass is 10.0. The van der Waals surface area contributed by atoms with Gasteiger partial charge in [-0.25, -0.2) is 0 Å². The molecule has 0 spiro atoms. The fourth-order valence-electron chi connectivity index (χ4n) is 3.43. The monoisotopic (exact) mass is 273 g/mol. The molecule has 0 radical (unpaired) electrons. The van der Waals surface area contributed by atoms with Crippen LogP contribution in [0.1, 0.15) is 43.7 Å². The van der Waals surface area contributed by atoms with Crippen LogP contribution >= 0.6 is 0 Å². The summed E-state index contributed by atoms with van der Waals surface area (Å²) in [5, 5.41) is 3.37. The van der Waals surface area contributed by atoms with Gasteiger partial charge in [-0.1, -0.05) is 0 Å². The van der Waals surface area contributed by atoms with Crippen LogP contribution < -0.4 is 5.32 Å². The lowest BCUT2D eigenvalue weighted by Crippen LogP contribution is -2.30. The number of hydrogen-bond donors (Lipinski definition) is 1. The van der Waals surface area contributed by atoms with Crippen LogP contribution in [0.3, 0.4) is 0 Å². The Labute approximate surface area is 120 Å². The number of aromatic nitrogens is 1. The summed E-state index contributed by atoms with van der Waals surface area (Å²) < 4.78 is 0. The van der Waals surface area contributed by atoms with E-state index in [4.69, 9.17) is 0 Å². The first-order chi connectivity index (χ1) is 9.84. The molecule has 2 fully saturated rings. The van der Waals surface area contributed by atoms with Gasteiger partial charge in [0, 0.05) is 25.4 Å². The van der Waals surface area contributed by atoms with Crippen LogP contribution in [0.5, 0.6) is 0 Å². The molecule has 4 heteroatoms. The molecule has 20 heavy (non-hydrogen) atoms. The third-order valence-corrected chi connectivity index (χ3v) is 4.59. The topological polar surface area (TPSA) is 45.2 Å². The molecule has 2 aliphatic rings. The fraction of sp³-hybridized carbons (Fsp3) is 0.625. The van der Waals surface area contributed by atoms with Crippen LogP contribution in [0.15, 0.2) is 24.5 Å². The fourth-order valence-corrected chi connectivity index (χ4v) is 3.43. The molecule has 2 atom stereocenters. The Morgan fingerprint density at radius 1 is 1.35 bits per heavy atom. The summed E-state index contributed by atoms with van der Waals surface area (Å²) in [6.07, 6.45) is 8.80. The summed E-state index contributed by atoms with van der Waals surface area (Å²) >= 11 is 0. The zero-order valence-corrected chi connectivity index (χ0v) is 11.9. The normalized spacial score (nSPS) is 26.1. The van der Waals surface area contributed by atoms with Crippen LogP contribution in [-0.2, 0) is 4.79 Å². The molecule has 2 saturated heterocycles. The Hall–Kier alpha value is -1.42.